The van der Waals surface area contributed by atoms with E-state index in [-0.39, 0.29) is 0 Å². The van der Waals surface area contributed by atoms with Crippen molar-refractivity contribution in [2.75, 3.05) is 0 Å². The molecule has 0 aliphatic heterocycles. The molecule has 0 aromatic rings. The lowest BCUT2D eigenvalue weighted by Crippen LogP contribution is -2.30. The zero-order valence-electron chi connectivity index (χ0n) is 6.68. The molecular weight excluding hydrogens is 131 g/mol. The molecule has 0 spiro atoms. The molecule has 0 heterocycles. The van der Waals surface area contributed by atoms with Crippen LogP contribution in [0.2, 0.25) is 0 Å². The number of rotatable bonds is 3. The largest absolute Gasteiger partial charge is 0.300 e. The highest BCUT2D eigenvalue weighted by atomic mass is 31.1. The standard InChI is InChI=1S/C6H17N2P/c1-5(2)8(9-7)6(3)4/h5-6,9H,7H2,1-4H3. The van der Waals surface area contributed by atoms with Gasteiger partial charge >= 0.3 is 0 Å². The Balaban J connectivity index is 3.68. The summed E-state index contributed by atoms with van der Waals surface area (Å²) in [6, 6.07) is 1.15. The molecule has 0 bridgehead atoms. The van der Waals surface area contributed by atoms with Crippen LogP contribution < -0.4 is 5.50 Å². The van der Waals surface area contributed by atoms with Crippen molar-refractivity contribution in [3.63, 3.8) is 0 Å². The Bertz CT molecular complexity index is 65.5. The third-order valence-corrected chi connectivity index (χ3v) is 2.59. The van der Waals surface area contributed by atoms with Gasteiger partial charge < -0.3 is 0 Å². The maximum absolute atomic E-state index is 5.53. The predicted molar refractivity (Wildman–Crippen MR) is 44.6 cm³/mol. The fourth-order valence-electron chi connectivity index (χ4n) is 0.894. The average Bonchev–Trinajstić information content (AvgIpc) is 1.64. The minimum atomic E-state index is 0.443. The van der Waals surface area contributed by atoms with E-state index in [4.69, 9.17) is 5.50 Å². The summed E-state index contributed by atoms with van der Waals surface area (Å²) in [6.07, 6.45) is 0. The molecule has 0 amide bonds. The van der Waals surface area contributed by atoms with Gasteiger partial charge in [0.15, 0.2) is 0 Å². The van der Waals surface area contributed by atoms with Crippen molar-refractivity contribution in [2.24, 2.45) is 5.50 Å². The van der Waals surface area contributed by atoms with Crippen molar-refractivity contribution >= 4 is 8.88 Å². The van der Waals surface area contributed by atoms with Crippen LogP contribution >= 0.6 is 8.88 Å². The molecule has 0 aromatic heterocycles. The van der Waals surface area contributed by atoms with Gasteiger partial charge in [-0.1, -0.05) is 0 Å². The Labute approximate surface area is 59.7 Å². The first kappa shape index (κ1) is 9.35. The fourth-order valence-corrected chi connectivity index (χ4v) is 1.49. The Morgan fingerprint density at radius 1 is 1.11 bits per heavy atom. The Morgan fingerprint density at radius 2 is 1.44 bits per heavy atom. The molecule has 0 radical (unpaired) electrons. The first-order valence-electron chi connectivity index (χ1n) is 3.34. The maximum atomic E-state index is 5.53. The van der Waals surface area contributed by atoms with E-state index in [1.807, 2.05) is 0 Å². The van der Waals surface area contributed by atoms with Gasteiger partial charge in [-0.3, -0.25) is 10.2 Å². The van der Waals surface area contributed by atoms with Crippen molar-refractivity contribution in [1.29, 1.82) is 0 Å². The van der Waals surface area contributed by atoms with Gasteiger partial charge in [0, 0.05) is 21.0 Å². The monoisotopic (exact) mass is 148 g/mol. The van der Waals surface area contributed by atoms with Crippen LogP contribution in [0.3, 0.4) is 0 Å². The van der Waals surface area contributed by atoms with Gasteiger partial charge in [0.1, 0.15) is 0 Å². The van der Waals surface area contributed by atoms with Crippen LogP contribution in [0, 0.1) is 0 Å². The van der Waals surface area contributed by atoms with Crippen LogP contribution in [0.1, 0.15) is 27.7 Å². The lowest BCUT2D eigenvalue weighted by atomic mass is 10.3. The topological polar surface area (TPSA) is 29.3 Å². The van der Waals surface area contributed by atoms with E-state index in [1.165, 1.54) is 0 Å². The van der Waals surface area contributed by atoms with Gasteiger partial charge in [-0.15, -0.1) is 0 Å². The summed E-state index contributed by atoms with van der Waals surface area (Å²) in [5.74, 6) is 0. The third-order valence-electron chi connectivity index (χ3n) is 1.26. The van der Waals surface area contributed by atoms with Gasteiger partial charge in [0.05, 0.1) is 0 Å². The van der Waals surface area contributed by atoms with Crippen molar-refractivity contribution in [1.82, 2.24) is 4.67 Å². The van der Waals surface area contributed by atoms with Gasteiger partial charge in [-0.2, -0.15) is 0 Å². The summed E-state index contributed by atoms with van der Waals surface area (Å²) in [6.45, 7) is 8.67. The molecule has 0 aromatic carbocycles. The third kappa shape index (κ3) is 3.14. The maximum Gasteiger partial charge on any atom is 0.0188 e. The summed E-state index contributed by atoms with van der Waals surface area (Å²) >= 11 is 0. The molecular formula is C6H17N2P. The molecule has 2 nitrogen and oxygen atoms in total. The molecule has 0 aliphatic carbocycles. The minimum Gasteiger partial charge on any atom is -0.300 e. The molecule has 0 saturated carbocycles. The zero-order chi connectivity index (χ0) is 7.44. The molecule has 1 atom stereocenters. The minimum absolute atomic E-state index is 0.443. The fraction of sp³-hybridized carbons (Fsp3) is 1.00. The van der Waals surface area contributed by atoms with E-state index in [0.717, 1.165) is 0 Å². The van der Waals surface area contributed by atoms with E-state index in [1.54, 1.807) is 0 Å². The quantitative estimate of drug-likeness (QED) is 0.615. The first-order chi connectivity index (χ1) is 4.09. The van der Waals surface area contributed by atoms with E-state index >= 15 is 0 Å². The highest BCUT2D eigenvalue weighted by molar-refractivity contribution is 7.32. The van der Waals surface area contributed by atoms with Crippen LogP contribution in [0.5, 0.6) is 0 Å². The van der Waals surface area contributed by atoms with Crippen LogP contribution in [0.15, 0.2) is 0 Å². The number of hydrogen-bond acceptors (Lipinski definition) is 2. The number of nitrogens with two attached hydrogens (primary N) is 1. The Kier molecular flexibility index (Phi) is 4.37. The van der Waals surface area contributed by atoms with Crippen LogP contribution in [0.4, 0.5) is 0 Å². The Morgan fingerprint density at radius 3 is 1.44 bits per heavy atom. The molecule has 0 fully saturated rings. The SMILES string of the molecule is CC(C)N(PN)C(C)C. The molecule has 0 rings (SSSR count). The Hall–Kier alpha value is 0.350. The van der Waals surface area contributed by atoms with Gasteiger partial charge in [0.25, 0.3) is 0 Å². The van der Waals surface area contributed by atoms with Gasteiger partial charge in [0.2, 0.25) is 0 Å². The molecule has 0 saturated heterocycles. The van der Waals surface area contributed by atoms with Crippen LogP contribution in [-0.2, 0) is 0 Å². The second-order valence-electron chi connectivity index (χ2n) is 2.72. The number of nitrogens with zero attached hydrogens (tertiary/aromatic N) is 1. The second-order valence-corrected chi connectivity index (χ2v) is 3.50. The van der Waals surface area contributed by atoms with Crippen LogP contribution in [0.25, 0.3) is 0 Å². The molecule has 9 heavy (non-hydrogen) atoms. The summed E-state index contributed by atoms with van der Waals surface area (Å²) in [4.78, 5) is 0. The lowest BCUT2D eigenvalue weighted by Gasteiger charge is -2.27. The summed E-state index contributed by atoms with van der Waals surface area (Å²) < 4.78 is 2.26. The smallest absolute Gasteiger partial charge is 0.0188 e. The van der Waals surface area contributed by atoms with Crippen LogP contribution in [-0.4, -0.2) is 16.8 Å². The normalized spacial score (nSPS) is 13.3. The van der Waals surface area contributed by atoms with Crippen molar-refractivity contribution in [3.8, 4) is 0 Å². The summed E-state index contributed by atoms with van der Waals surface area (Å²) in [5.41, 5.74) is 5.53. The first-order valence-corrected chi connectivity index (χ1v) is 4.36. The highest BCUT2D eigenvalue weighted by Crippen LogP contribution is 2.16. The summed E-state index contributed by atoms with van der Waals surface area (Å²) in [7, 11) is 0.443. The van der Waals surface area contributed by atoms with E-state index in [9.17, 15) is 0 Å². The van der Waals surface area contributed by atoms with E-state index in [0.29, 0.717) is 21.0 Å². The van der Waals surface area contributed by atoms with Crippen molar-refractivity contribution < 1.29 is 0 Å². The molecule has 56 valence electrons. The predicted octanol–water partition coefficient (Wildman–Crippen LogP) is 1.57. The zero-order valence-corrected chi connectivity index (χ0v) is 7.68. The number of hydrogen-bond donors (Lipinski definition) is 1. The molecule has 2 N–H and O–H groups in total. The van der Waals surface area contributed by atoms with E-state index < -0.39 is 0 Å². The van der Waals surface area contributed by atoms with E-state index in [2.05, 4.69) is 32.4 Å². The highest BCUT2D eigenvalue weighted by Gasteiger charge is 2.09. The van der Waals surface area contributed by atoms with Gasteiger partial charge in [-0.05, 0) is 27.7 Å². The average molecular weight is 148 g/mol. The molecule has 3 heteroatoms. The summed E-state index contributed by atoms with van der Waals surface area (Å²) in [5, 5.41) is 0. The molecule has 0 aliphatic rings. The second kappa shape index (κ2) is 4.21. The molecule has 1 unspecified atom stereocenters. The lowest BCUT2D eigenvalue weighted by molar-refractivity contribution is 0.329. The van der Waals surface area contributed by atoms with Crippen molar-refractivity contribution in [2.45, 2.75) is 39.8 Å². The van der Waals surface area contributed by atoms with Crippen molar-refractivity contribution in [3.05, 3.63) is 0 Å². The van der Waals surface area contributed by atoms with Gasteiger partial charge in [-0.25, -0.2) is 0 Å².